The Morgan fingerprint density at radius 3 is 2.84 bits per heavy atom. The molecule has 2 aromatic carbocycles. The van der Waals surface area contributed by atoms with E-state index in [0.717, 1.165) is 24.8 Å². The molecule has 1 amide bonds. The van der Waals surface area contributed by atoms with E-state index in [1.807, 2.05) is 18.2 Å². The maximum absolute atomic E-state index is 12.2. The molecule has 0 fully saturated rings. The molecule has 0 spiro atoms. The quantitative estimate of drug-likeness (QED) is 0.649. The van der Waals surface area contributed by atoms with Crippen LogP contribution in [-0.4, -0.2) is 18.5 Å². The summed E-state index contributed by atoms with van der Waals surface area (Å²) in [5.41, 5.74) is 8.55. The summed E-state index contributed by atoms with van der Waals surface area (Å²) in [6, 6.07) is 12.5. The van der Waals surface area contributed by atoms with Gasteiger partial charge < -0.3 is 15.8 Å². The highest BCUT2D eigenvalue weighted by Crippen LogP contribution is 2.29. The SMILES string of the molecule is Nc1cc(Cl)ccc1C(=O)OCC(=O)N[C@@H]1CCCc2ccccc21. The molecule has 1 atom stereocenters. The number of nitrogen functional groups attached to an aromatic ring is 1. The standard InChI is InChI=1S/C19H19ClN2O3/c20-13-8-9-15(16(21)10-13)19(24)25-11-18(23)22-17-7-3-5-12-4-1-2-6-14(12)17/h1-2,4,6,8-10,17H,3,5,7,11,21H2,(H,22,23)/t17-/m1/s1. The Morgan fingerprint density at radius 1 is 1.24 bits per heavy atom. The van der Waals surface area contributed by atoms with Crippen LogP contribution in [0.1, 0.15) is 40.4 Å². The van der Waals surface area contributed by atoms with Crippen molar-refractivity contribution in [1.82, 2.24) is 5.32 Å². The fourth-order valence-corrected chi connectivity index (χ4v) is 3.25. The van der Waals surface area contributed by atoms with Crippen molar-refractivity contribution in [2.75, 3.05) is 12.3 Å². The number of fused-ring (bicyclic) bond motifs is 1. The second kappa shape index (κ2) is 7.57. The van der Waals surface area contributed by atoms with Gasteiger partial charge in [0.25, 0.3) is 5.91 Å². The summed E-state index contributed by atoms with van der Waals surface area (Å²) in [6.45, 7) is -0.348. The van der Waals surface area contributed by atoms with Crippen LogP contribution in [0.4, 0.5) is 5.69 Å². The summed E-state index contributed by atoms with van der Waals surface area (Å²) in [5.74, 6) is -0.976. The summed E-state index contributed by atoms with van der Waals surface area (Å²) < 4.78 is 5.07. The van der Waals surface area contributed by atoms with E-state index in [-0.39, 0.29) is 29.8 Å². The van der Waals surface area contributed by atoms with Crippen LogP contribution in [0.2, 0.25) is 5.02 Å². The van der Waals surface area contributed by atoms with Gasteiger partial charge in [-0.2, -0.15) is 0 Å². The second-order valence-electron chi connectivity index (χ2n) is 6.02. The van der Waals surface area contributed by atoms with Crippen LogP contribution in [0.5, 0.6) is 0 Å². The molecule has 2 aromatic rings. The lowest BCUT2D eigenvalue weighted by Gasteiger charge is -2.26. The molecule has 3 N–H and O–H groups in total. The van der Waals surface area contributed by atoms with Gasteiger partial charge in [-0.25, -0.2) is 4.79 Å². The number of aryl methyl sites for hydroxylation is 1. The van der Waals surface area contributed by atoms with Crippen LogP contribution >= 0.6 is 11.6 Å². The van der Waals surface area contributed by atoms with Crippen molar-refractivity contribution in [3.8, 4) is 0 Å². The minimum absolute atomic E-state index is 0.0447. The van der Waals surface area contributed by atoms with E-state index in [9.17, 15) is 9.59 Å². The van der Waals surface area contributed by atoms with Crippen molar-refractivity contribution in [1.29, 1.82) is 0 Å². The molecule has 5 nitrogen and oxygen atoms in total. The van der Waals surface area contributed by atoms with Crippen molar-refractivity contribution >= 4 is 29.2 Å². The topological polar surface area (TPSA) is 81.4 Å². The number of hydrogen-bond donors (Lipinski definition) is 2. The highest BCUT2D eigenvalue weighted by atomic mass is 35.5. The van der Waals surface area contributed by atoms with Gasteiger partial charge in [0.2, 0.25) is 0 Å². The summed E-state index contributed by atoms with van der Waals surface area (Å²) in [6.07, 6.45) is 2.91. The maximum Gasteiger partial charge on any atom is 0.340 e. The minimum atomic E-state index is -0.645. The van der Waals surface area contributed by atoms with E-state index < -0.39 is 5.97 Å². The highest BCUT2D eigenvalue weighted by Gasteiger charge is 2.22. The number of rotatable bonds is 4. The number of nitrogens with one attached hydrogen (secondary N) is 1. The number of benzene rings is 2. The number of esters is 1. The molecule has 0 heterocycles. The molecule has 6 heteroatoms. The van der Waals surface area contributed by atoms with Gasteiger partial charge >= 0.3 is 5.97 Å². The van der Waals surface area contributed by atoms with Crippen molar-refractivity contribution in [3.05, 3.63) is 64.2 Å². The number of carbonyl (C=O) groups is 2. The Morgan fingerprint density at radius 2 is 2.04 bits per heavy atom. The van der Waals surface area contributed by atoms with Gasteiger partial charge in [-0.15, -0.1) is 0 Å². The van der Waals surface area contributed by atoms with Crippen LogP contribution in [0.15, 0.2) is 42.5 Å². The number of carbonyl (C=O) groups excluding carboxylic acids is 2. The first-order valence-corrected chi connectivity index (χ1v) is 8.51. The summed E-state index contributed by atoms with van der Waals surface area (Å²) in [7, 11) is 0. The Labute approximate surface area is 151 Å². The number of halogens is 1. The van der Waals surface area contributed by atoms with Crippen LogP contribution in [-0.2, 0) is 16.0 Å². The fourth-order valence-electron chi connectivity index (χ4n) is 3.07. The van der Waals surface area contributed by atoms with Crippen LogP contribution in [0.25, 0.3) is 0 Å². The third-order valence-electron chi connectivity index (χ3n) is 4.27. The Balaban J connectivity index is 1.58. The predicted molar refractivity (Wildman–Crippen MR) is 96.4 cm³/mol. The third kappa shape index (κ3) is 4.12. The summed E-state index contributed by atoms with van der Waals surface area (Å²) >= 11 is 5.80. The van der Waals surface area contributed by atoms with E-state index in [1.54, 1.807) is 6.07 Å². The average molecular weight is 359 g/mol. The molecule has 0 bridgehead atoms. The molecule has 0 aromatic heterocycles. The molecular weight excluding hydrogens is 340 g/mol. The van der Waals surface area contributed by atoms with E-state index in [0.29, 0.717) is 5.02 Å². The van der Waals surface area contributed by atoms with Crippen molar-refractivity contribution in [2.45, 2.75) is 25.3 Å². The number of ether oxygens (including phenoxy) is 1. The number of anilines is 1. The molecule has 130 valence electrons. The zero-order valence-corrected chi connectivity index (χ0v) is 14.4. The lowest BCUT2D eigenvalue weighted by molar-refractivity contribution is -0.125. The Hall–Kier alpha value is -2.53. The molecule has 0 saturated heterocycles. The van der Waals surface area contributed by atoms with Crippen LogP contribution in [0.3, 0.4) is 0 Å². The predicted octanol–water partition coefficient (Wildman–Crippen LogP) is 3.27. The molecule has 3 rings (SSSR count). The lowest BCUT2D eigenvalue weighted by Crippen LogP contribution is -2.34. The fraction of sp³-hybridized carbons (Fsp3) is 0.263. The number of amides is 1. The Kier molecular flexibility index (Phi) is 5.24. The lowest BCUT2D eigenvalue weighted by atomic mass is 9.88. The average Bonchev–Trinajstić information content (AvgIpc) is 2.60. The zero-order valence-electron chi connectivity index (χ0n) is 13.6. The van der Waals surface area contributed by atoms with Crippen molar-refractivity contribution < 1.29 is 14.3 Å². The number of hydrogen-bond acceptors (Lipinski definition) is 4. The maximum atomic E-state index is 12.2. The van der Waals surface area contributed by atoms with E-state index in [4.69, 9.17) is 22.1 Å². The highest BCUT2D eigenvalue weighted by molar-refractivity contribution is 6.31. The van der Waals surface area contributed by atoms with E-state index in [2.05, 4.69) is 11.4 Å². The monoisotopic (exact) mass is 358 g/mol. The molecular formula is C19H19ClN2O3. The molecule has 0 aliphatic heterocycles. The third-order valence-corrected chi connectivity index (χ3v) is 4.51. The van der Waals surface area contributed by atoms with Gasteiger partial charge in [0.05, 0.1) is 11.6 Å². The molecule has 0 radical (unpaired) electrons. The molecule has 0 unspecified atom stereocenters. The smallest absolute Gasteiger partial charge is 0.340 e. The van der Waals surface area contributed by atoms with Gasteiger partial charge in [-0.1, -0.05) is 35.9 Å². The van der Waals surface area contributed by atoms with Gasteiger partial charge in [0, 0.05) is 10.7 Å². The Bertz CT molecular complexity index is 807. The molecule has 1 aliphatic rings. The van der Waals surface area contributed by atoms with E-state index >= 15 is 0 Å². The second-order valence-corrected chi connectivity index (χ2v) is 6.46. The normalized spacial score (nSPS) is 16.0. The van der Waals surface area contributed by atoms with E-state index in [1.165, 1.54) is 17.7 Å². The van der Waals surface area contributed by atoms with Gasteiger partial charge in [0.15, 0.2) is 6.61 Å². The van der Waals surface area contributed by atoms with Crippen LogP contribution in [0, 0.1) is 0 Å². The molecule has 25 heavy (non-hydrogen) atoms. The molecule has 0 saturated carbocycles. The minimum Gasteiger partial charge on any atom is -0.452 e. The summed E-state index contributed by atoms with van der Waals surface area (Å²) in [4.78, 5) is 24.2. The van der Waals surface area contributed by atoms with Crippen molar-refractivity contribution in [2.24, 2.45) is 0 Å². The van der Waals surface area contributed by atoms with Gasteiger partial charge in [-0.05, 0) is 48.6 Å². The molecule has 1 aliphatic carbocycles. The zero-order chi connectivity index (χ0) is 17.8. The van der Waals surface area contributed by atoms with Gasteiger partial charge in [-0.3, -0.25) is 4.79 Å². The van der Waals surface area contributed by atoms with Gasteiger partial charge in [0.1, 0.15) is 0 Å². The van der Waals surface area contributed by atoms with Crippen LogP contribution < -0.4 is 11.1 Å². The first kappa shape index (κ1) is 17.3. The first-order chi connectivity index (χ1) is 12.0. The largest absolute Gasteiger partial charge is 0.452 e. The number of nitrogens with two attached hydrogens (primary N) is 1. The summed E-state index contributed by atoms with van der Waals surface area (Å²) in [5, 5.41) is 3.37. The van der Waals surface area contributed by atoms with Crippen molar-refractivity contribution in [3.63, 3.8) is 0 Å². The first-order valence-electron chi connectivity index (χ1n) is 8.14.